The molecule has 1 aliphatic carbocycles. The summed E-state index contributed by atoms with van der Waals surface area (Å²) in [6.45, 7) is 1.25. The van der Waals surface area contributed by atoms with Gasteiger partial charge in [0.25, 0.3) is 0 Å². The minimum atomic E-state index is -2.22. The van der Waals surface area contributed by atoms with Gasteiger partial charge in [0, 0.05) is 4.92 Å². The van der Waals surface area contributed by atoms with Crippen LogP contribution in [0.4, 0.5) is 0 Å². The number of hydrogen-bond acceptors (Lipinski definition) is 4. The number of aliphatic carboxylic acids is 2. The van der Waals surface area contributed by atoms with Gasteiger partial charge in [0.2, 0.25) is 11.5 Å². The van der Waals surface area contributed by atoms with Crippen molar-refractivity contribution in [1.29, 1.82) is 0 Å². The highest BCUT2D eigenvalue weighted by atomic mass is 16.6. The molecule has 0 saturated heterocycles. The van der Waals surface area contributed by atoms with Crippen molar-refractivity contribution in [2.75, 3.05) is 0 Å². The van der Waals surface area contributed by atoms with Gasteiger partial charge in [-0.2, -0.15) is 0 Å². The normalized spacial score (nSPS) is 29.3. The van der Waals surface area contributed by atoms with E-state index in [9.17, 15) is 19.7 Å². The predicted molar refractivity (Wildman–Crippen MR) is 37.7 cm³/mol. The average molecular weight is 189 g/mol. The minimum Gasteiger partial charge on any atom is -0.480 e. The molecule has 0 heterocycles. The Morgan fingerprint density at radius 3 is 1.85 bits per heavy atom. The number of rotatable bonds is 3. The molecule has 0 aromatic heterocycles. The monoisotopic (exact) mass is 189 g/mol. The Bertz CT molecular complexity index is 283. The molecule has 2 atom stereocenters. The van der Waals surface area contributed by atoms with Gasteiger partial charge >= 0.3 is 11.9 Å². The number of carboxylic acids is 2. The highest BCUT2D eigenvalue weighted by molar-refractivity contribution is 6.03. The van der Waals surface area contributed by atoms with Gasteiger partial charge in [-0.05, 0) is 0 Å². The quantitative estimate of drug-likeness (QED) is 0.349. The molecule has 2 N–H and O–H groups in total. The van der Waals surface area contributed by atoms with Crippen LogP contribution in [0.15, 0.2) is 0 Å². The number of nitrogens with zero attached hydrogens (tertiary/aromatic N) is 1. The molecule has 0 aliphatic heterocycles. The smallest absolute Gasteiger partial charge is 0.328 e. The second-order valence-electron chi connectivity index (χ2n) is 3.00. The molecule has 0 spiro atoms. The van der Waals surface area contributed by atoms with E-state index in [1.807, 2.05) is 0 Å². The van der Waals surface area contributed by atoms with Crippen molar-refractivity contribution in [2.24, 2.45) is 11.3 Å². The lowest BCUT2D eigenvalue weighted by Crippen LogP contribution is -2.32. The van der Waals surface area contributed by atoms with Crippen molar-refractivity contribution < 1.29 is 24.7 Å². The SMILES string of the molecule is CC1C([N+](=O)[O-])C1(C(=O)O)C(=O)O. The first kappa shape index (κ1) is 9.43. The first-order valence-corrected chi connectivity index (χ1v) is 3.47. The molecule has 7 heteroatoms. The third kappa shape index (κ3) is 0.895. The van der Waals surface area contributed by atoms with Gasteiger partial charge in [-0.15, -0.1) is 0 Å². The summed E-state index contributed by atoms with van der Waals surface area (Å²) < 4.78 is 0. The van der Waals surface area contributed by atoms with Crippen LogP contribution in [0.25, 0.3) is 0 Å². The summed E-state index contributed by atoms with van der Waals surface area (Å²) in [5.41, 5.74) is -2.22. The third-order valence-electron chi connectivity index (χ3n) is 2.48. The van der Waals surface area contributed by atoms with Crippen molar-refractivity contribution in [3.8, 4) is 0 Å². The molecular formula is C6H7NO6. The third-order valence-corrected chi connectivity index (χ3v) is 2.48. The second-order valence-corrected chi connectivity index (χ2v) is 3.00. The first-order chi connectivity index (χ1) is 5.86. The van der Waals surface area contributed by atoms with E-state index in [1.54, 1.807) is 0 Å². The Morgan fingerprint density at radius 2 is 1.77 bits per heavy atom. The van der Waals surface area contributed by atoms with Gasteiger partial charge in [0.1, 0.15) is 0 Å². The molecule has 7 nitrogen and oxygen atoms in total. The Labute approximate surface area is 72.1 Å². The number of carboxylic acid groups (broad SMARTS) is 2. The van der Waals surface area contributed by atoms with Crippen LogP contribution in [0.5, 0.6) is 0 Å². The topological polar surface area (TPSA) is 118 Å². The molecule has 0 radical (unpaired) electrons. The molecule has 2 unspecified atom stereocenters. The summed E-state index contributed by atoms with van der Waals surface area (Å²) in [4.78, 5) is 30.6. The number of carbonyl (C=O) groups is 2. The van der Waals surface area contributed by atoms with Crippen LogP contribution in [0, 0.1) is 21.4 Å². The maximum absolute atomic E-state index is 10.6. The molecule has 1 rings (SSSR count). The first-order valence-electron chi connectivity index (χ1n) is 3.47. The van der Waals surface area contributed by atoms with Gasteiger partial charge in [-0.1, -0.05) is 6.92 Å². The van der Waals surface area contributed by atoms with E-state index in [4.69, 9.17) is 10.2 Å². The maximum Gasteiger partial charge on any atom is 0.328 e. The molecule has 0 amide bonds. The molecule has 0 aromatic rings. The standard InChI is InChI=1S/C6H7NO6/c1-2-3(7(12)13)6(2,4(8)9)5(10)11/h2-3H,1H3,(H,8,9)(H,10,11). The zero-order chi connectivity index (χ0) is 10.4. The number of hydrogen-bond donors (Lipinski definition) is 2. The molecule has 13 heavy (non-hydrogen) atoms. The Hall–Kier alpha value is -1.66. The molecule has 0 bridgehead atoms. The van der Waals surface area contributed by atoms with Crippen molar-refractivity contribution >= 4 is 11.9 Å². The Kier molecular flexibility index (Phi) is 1.75. The van der Waals surface area contributed by atoms with Crippen LogP contribution in [0.3, 0.4) is 0 Å². The highest BCUT2D eigenvalue weighted by Crippen LogP contribution is 2.54. The fraction of sp³-hybridized carbons (Fsp3) is 0.667. The second kappa shape index (κ2) is 2.41. The zero-order valence-corrected chi connectivity index (χ0v) is 6.63. The van der Waals surface area contributed by atoms with Crippen molar-refractivity contribution in [1.82, 2.24) is 0 Å². The van der Waals surface area contributed by atoms with Crippen LogP contribution in [0.2, 0.25) is 0 Å². The zero-order valence-electron chi connectivity index (χ0n) is 6.63. The van der Waals surface area contributed by atoms with Crippen LogP contribution in [0.1, 0.15) is 6.92 Å². The predicted octanol–water partition coefficient (Wildman–Crippen LogP) is -0.563. The summed E-state index contributed by atoms with van der Waals surface area (Å²) in [7, 11) is 0. The van der Waals surface area contributed by atoms with E-state index in [0.717, 1.165) is 0 Å². The molecular weight excluding hydrogens is 182 g/mol. The van der Waals surface area contributed by atoms with Crippen LogP contribution in [-0.4, -0.2) is 33.1 Å². The lowest BCUT2D eigenvalue weighted by atomic mass is 10.1. The summed E-state index contributed by atoms with van der Waals surface area (Å²) in [6.07, 6.45) is 0. The van der Waals surface area contributed by atoms with Gasteiger partial charge in [0.15, 0.2) is 0 Å². The van der Waals surface area contributed by atoms with Gasteiger partial charge < -0.3 is 10.2 Å². The molecule has 1 saturated carbocycles. The molecule has 1 fully saturated rings. The molecule has 72 valence electrons. The van der Waals surface area contributed by atoms with Crippen molar-refractivity contribution in [3.05, 3.63) is 10.1 Å². The van der Waals surface area contributed by atoms with Crippen molar-refractivity contribution in [2.45, 2.75) is 13.0 Å². The number of nitro groups is 1. The highest BCUT2D eigenvalue weighted by Gasteiger charge is 2.82. The van der Waals surface area contributed by atoms with E-state index in [0.29, 0.717) is 0 Å². The van der Waals surface area contributed by atoms with Crippen LogP contribution in [-0.2, 0) is 9.59 Å². The lowest BCUT2D eigenvalue weighted by molar-refractivity contribution is -0.502. The fourth-order valence-corrected chi connectivity index (χ4v) is 1.62. The molecule has 0 aromatic carbocycles. The van der Waals surface area contributed by atoms with E-state index in [1.165, 1.54) is 6.92 Å². The molecule has 1 aliphatic rings. The van der Waals surface area contributed by atoms with Crippen molar-refractivity contribution in [3.63, 3.8) is 0 Å². The van der Waals surface area contributed by atoms with E-state index in [-0.39, 0.29) is 0 Å². The Morgan fingerprint density at radius 1 is 1.38 bits per heavy atom. The Balaban J connectivity index is 3.06. The van der Waals surface area contributed by atoms with E-state index >= 15 is 0 Å². The van der Waals surface area contributed by atoms with Gasteiger partial charge in [-0.3, -0.25) is 19.7 Å². The summed E-state index contributed by atoms with van der Waals surface area (Å²) in [6, 6.07) is -1.51. The largest absolute Gasteiger partial charge is 0.480 e. The van der Waals surface area contributed by atoms with E-state index < -0.39 is 34.2 Å². The minimum absolute atomic E-state index is 0.854. The van der Waals surface area contributed by atoms with Gasteiger partial charge in [-0.25, -0.2) is 0 Å². The maximum atomic E-state index is 10.6. The summed E-state index contributed by atoms with van der Waals surface area (Å²) in [5.74, 6) is -4.25. The average Bonchev–Trinajstić information content (AvgIpc) is 2.56. The lowest BCUT2D eigenvalue weighted by Gasteiger charge is -2.01. The van der Waals surface area contributed by atoms with Crippen LogP contribution < -0.4 is 0 Å². The van der Waals surface area contributed by atoms with E-state index in [2.05, 4.69) is 0 Å². The summed E-state index contributed by atoms with van der Waals surface area (Å²) in [5, 5.41) is 27.4. The fourth-order valence-electron chi connectivity index (χ4n) is 1.62. The van der Waals surface area contributed by atoms with Gasteiger partial charge in [0.05, 0.1) is 5.92 Å². The van der Waals surface area contributed by atoms with Crippen LogP contribution >= 0.6 is 0 Å². The summed E-state index contributed by atoms with van der Waals surface area (Å²) >= 11 is 0.